The van der Waals surface area contributed by atoms with Crippen molar-refractivity contribution < 1.29 is 14.3 Å². The van der Waals surface area contributed by atoms with Crippen LogP contribution in [-0.4, -0.2) is 65.4 Å². The molecular weight excluding hydrogens is 472 g/mol. The molecule has 3 aliphatic rings. The van der Waals surface area contributed by atoms with E-state index in [0.29, 0.717) is 37.5 Å². The Balaban J connectivity index is 1.34. The van der Waals surface area contributed by atoms with E-state index in [1.54, 1.807) is 17.5 Å². The van der Waals surface area contributed by atoms with Crippen LogP contribution in [0.5, 0.6) is 5.75 Å². The molecule has 2 amide bonds. The van der Waals surface area contributed by atoms with Crippen molar-refractivity contribution in [2.24, 2.45) is 0 Å². The quantitative estimate of drug-likeness (QED) is 0.598. The van der Waals surface area contributed by atoms with Crippen molar-refractivity contribution in [1.82, 2.24) is 20.1 Å². The van der Waals surface area contributed by atoms with Crippen LogP contribution in [0.3, 0.4) is 0 Å². The molecule has 0 radical (unpaired) electrons. The molecule has 1 unspecified atom stereocenters. The molecule has 0 saturated carbocycles. The average Bonchev–Trinajstić information content (AvgIpc) is 3.56. The summed E-state index contributed by atoms with van der Waals surface area (Å²) < 4.78 is 7.34. The molecule has 0 aliphatic carbocycles. The summed E-state index contributed by atoms with van der Waals surface area (Å²) >= 11 is 8.18. The summed E-state index contributed by atoms with van der Waals surface area (Å²) in [5, 5.41) is 3.90. The van der Waals surface area contributed by atoms with Gasteiger partial charge in [0.25, 0.3) is 5.91 Å². The summed E-state index contributed by atoms with van der Waals surface area (Å²) in [6.45, 7) is 4.44. The van der Waals surface area contributed by atoms with E-state index in [0.717, 1.165) is 63.6 Å². The Labute approximate surface area is 206 Å². The first-order valence-electron chi connectivity index (χ1n) is 11.7. The number of carbonyl (C=O) groups is 2. The highest BCUT2D eigenvalue weighted by atomic mass is 35.5. The molecule has 9 heteroatoms. The number of nitrogens with zero attached hydrogens (tertiary/aromatic N) is 3. The van der Waals surface area contributed by atoms with Crippen LogP contribution < -0.4 is 10.1 Å². The monoisotopic (exact) mass is 496 g/mol. The van der Waals surface area contributed by atoms with Crippen LogP contribution in [0.1, 0.15) is 23.3 Å². The molecule has 1 aromatic carbocycles. The van der Waals surface area contributed by atoms with E-state index < -0.39 is 6.10 Å². The minimum Gasteiger partial charge on any atom is -0.479 e. The van der Waals surface area contributed by atoms with Crippen molar-refractivity contribution in [2.75, 3.05) is 32.7 Å². The number of nitrogens with one attached hydrogen (secondary N) is 1. The number of amides is 2. The highest BCUT2D eigenvalue weighted by molar-refractivity contribution is 7.19. The smallest absolute Gasteiger partial charge is 0.264 e. The predicted octanol–water partition coefficient (Wildman–Crippen LogP) is 3.47. The lowest BCUT2D eigenvalue weighted by Crippen LogP contribution is -2.50. The summed E-state index contributed by atoms with van der Waals surface area (Å²) in [4.78, 5) is 34.7. The largest absolute Gasteiger partial charge is 0.479 e. The van der Waals surface area contributed by atoms with Gasteiger partial charge in [0, 0.05) is 78.4 Å². The third-order valence-electron chi connectivity index (χ3n) is 6.77. The van der Waals surface area contributed by atoms with Crippen LogP contribution in [0.25, 0.3) is 21.3 Å². The first-order valence-corrected chi connectivity index (χ1v) is 12.9. The van der Waals surface area contributed by atoms with E-state index in [4.69, 9.17) is 16.3 Å². The topological polar surface area (TPSA) is 74.8 Å². The van der Waals surface area contributed by atoms with Gasteiger partial charge in [-0.2, -0.15) is 0 Å². The molecule has 2 aromatic heterocycles. The maximum absolute atomic E-state index is 13.1. The maximum Gasteiger partial charge on any atom is 0.264 e. The van der Waals surface area contributed by atoms with Gasteiger partial charge in [-0.3, -0.25) is 14.6 Å². The van der Waals surface area contributed by atoms with Crippen LogP contribution in [0.15, 0.2) is 30.5 Å². The lowest BCUT2D eigenvalue weighted by Gasteiger charge is -2.29. The number of ether oxygens (including phenoxy) is 1. The Hall–Kier alpha value is -2.68. The molecule has 0 spiro atoms. The van der Waals surface area contributed by atoms with Crippen molar-refractivity contribution in [3.8, 4) is 16.9 Å². The molecular formula is C25H25ClN4O3S. The molecule has 34 heavy (non-hydrogen) atoms. The third kappa shape index (κ3) is 3.93. The van der Waals surface area contributed by atoms with E-state index in [1.165, 1.54) is 0 Å². The van der Waals surface area contributed by atoms with Crippen molar-refractivity contribution >= 4 is 45.0 Å². The van der Waals surface area contributed by atoms with Crippen molar-refractivity contribution in [1.29, 1.82) is 0 Å². The normalized spacial score (nSPS) is 20.1. The zero-order chi connectivity index (χ0) is 23.2. The number of piperazine rings is 1. The van der Waals surface area contributed by atoms with Crippen molar-refractivity contribution in [2.45, 2.75) is 31.9 Å². The fourth-order valence-electron chi connectivity index (χ4n) is 5.09. The number of rotatable bonds is 4. The molecule has 176 valence electrons. The number of halogens is 1. The fourth-order valence-corrected chi connectivity index (χ4v) is 6.49. The van der Waals surface area contributed by atoms with Gasteiger partial charge >= 0.3 is 0 Å². The van der Waals surface area contributed by atoms with E-state index >= 15 is 0 Å². The molecule has 5 heterocycles. The number of fused-ring (bicyclic) bond motifs is 2. The second-order valence-electron chi connectivity index (χ2n) is 9.03. The summed E-state index contributed by atoms with van der Waals surface area (Å²) in [5.41, 5.74) is 3.73. The Bertz CT molecular complexity index is 1290. The highest BCUT2D eigenvalue weighted by Crippen LogP contribution is 2.45. The van der Waals surface area contributed by atoms with Gasteiger partial charge in [-0.1, -0.05) is 11.6 Å². The number of pyridine rings is 1. The molecule has 3 aromatic rings. The standard InChI is InChI=1S/C25H25ClN4O3S/c26-16-10-15-11-21(25(32)29-8-5-27-6-9-29)33-23(15)19(12-16)18-3-4-28-20-13-17(34-24(18)20)14-30-7-1-2-22(30)31/h3-4,10,12-13,21,27H,1-2,5-9,11,14H2. The van der Waals surface area contributed by atoms with Crippen LogP contribution in [0, 0.1) is 0 Å². The number of hydrogen-bond donors (Lipinski definition) is 1. The lowest BCUT2D eigenvalue weighted by molar-refractivity contribution is -0.138. The van der Waals surface area contributed by atoms with Crippen LogP contribution in [-0.2, 0) is 22.6 Å². The first-order chi connectivity index (χ1) is 16.6. The van der Waals surface area contributed by atoms with E-state index in [-0.39, 0.29) is 11.8 Å². The zero-order valence-electron chi connectivity index (χ0n) is 18.7. The molecule has 1 N–H and O–H groups in total. The molecule has 7 nitrogen and oxygen atoms in total. The van der Waals surface area contributed by atoms with Gasteiger partial charge in [0.15, 0.2) is 6.10 Å². The third-order valence-corrected chi connectivity index (χ3v) is 8.13. The second kappa shape index (κ2) is 8.83. The summed E-state index contributed by atoms with van der Waals surface area (Å²) in [6, 6.07) is 7.86. The van der Waals surface area contributed by atoms with Gasteiger partial charge in [-0.25, -0.2) is 0 Å². The minimum absolute atomic E-state index is 0.0355. The first kappa shape index (κ1) is 21.8. The van der Waals surface area contributed by atoms with Crippen LogP contribution in [0.4, 0.5) is 0 Å². The van der Waals surface area contributed by atoms with Gasteiger partial charge < -0.3 is 19.9 Å². The Morgan fingerprint density at radius 1 is 1.21 bits per heavy atom. The number of benzene rings is 1. The molecule has 3 aliphatic heterocycles. The number of hydrogen-bond acceptors (Lipinski definition) is 6. The maximum atomic E-state index is 13.1. The Morgan fingerprint density at radius 3 is 2.85 bits per heavy atom. The highest BCUT2D eigenvalue weighted by Gasteiger charge is 2.35. The summed E-state index contributed by atoms with van der Waals surface area (Å²) in [6.07, 6.45) is 3.34. The van der Waals surface area contributed by atoms with E-state index in [1.807, 2.05) is 28.0 Å². The summed E-state index contributed by atoms with van der Waals surface area (Å²) in [7, 11) is 0. The van der Waals surface area contributed by atoms with Gasteiger partial charge in [0.05, 0.1) is 16.8 Å². The molecule has 6 rings (SSSR count). The van der Waals surface area contributed by atoms with Crippen LogP contribution >= 0.6 is 22.9 Å². The van der Waals surface area contributed by atoms with Crippen LogP contribution in [0.2, 0.25) is 5.02 Å². The number of carbonyl (C=O) groups excluding carboxylic acids is 2. The van der Waals surface area contributed by atoms with Gasteiger partial charge in [-0.05, 0) is 30.7 Å². The number of thiophene rings is 1. The lowest BCUT2D eigenvalue weighted by atomic mass is 10.0. The summed E-state index contributed by atoms with van der Waals surface area (Å²) in [5.74, 6) is 0.982. The minimum atomic E-state index is -0.525. The van der Waals surface area contributed by atoms with Crippen molar-refractivity contribution in [3.05, 3.63) is 45.9 Å². The van der Waals surface area contributed by atoms with E-state index in [2.05, 4.69) is 16.4 Å². The molecule has 2 fully saturated rings. The number of aromatic nitrogens is 1. The molecule has 2 saturated heterocycles. The van der Waals surface area contributed by atoms with E-state index in [9.17, 15) is 9.59 Å². The Kier molecular flexibility index (Phi) is 5.67. The van der Waals surface area contributed by atoms with Gasteiger partial charge in [0.2, 0.25) is 5.91 Å². The fraction of sp³-hybridized carbons (Fsp3) is 0.400. The second-order valence-corrected chi connectivity index (χ2v) is 10.6. The van der Waals surface area contributed by atoms with Crippen molar-refractivity contribution in [3.63, 3.8) is 0 Å². The average molecular weight is 497 g/mol. The zero-order valence-corrected chi connectivity index (χ0v) is 20.3. The Morgan fingerprint density at radius 2 is 2.06 bits per heavy atom. The van der Waals surface area contributed by atoms with Gasteiger partial charge in [-0.15, -0.1) is 11.3 Å². The predicted molar refractivity (Wildman–Crippen MR) is 132 cm³/mol. The van der Waals surface area contributed by atoms with Gasteiger partial charge in [0.1, 0.15) is 5.75 Å². The molecule has 1 atom stereocenters. The number of likely N-dealkylation sites (tertiary alicyclic amines) is 1. The molecule has 0 bridgehead atoms. The SMILES string of the molecule is O=C1CCCN1Cc1cc2nccc(-c3cc(Cl)cc4c3OC(C(=O)N3CCNCC3)C4)c2s1.